The van der Waals surface area contributed by atoms with E-state index in [1.807, 2.05) is 0 Å². The maximum atomic E-state index is 9.48. The first kappa shape index (κ1) is 17.9. The maximum Gasteiger partial charge on any atom is 0.0611 e. The Morgan fingerprint density at radius 2 is 2.17 bits per heavy atom. The Balaban J connectivity index is 1.58. The van der Waals surface area contributed by atoms with Gasteiger partial charge in [0.15, 0.2) is 0 Å². The second-order valence-corrected chi connectivity index (χ2v) is 7.94. The molecule has 1 fully saturated rings. The first-order chi connectivity index (χ1) is 11.6. The molecule has 0 heterocycles. The van der Waals surface area contributed by atoms with Gasteiger partial charge in [-0.1, -0.05) is 18.2 Å². The van der Waals surface area contributed by atoms with E-state index in [4.69, 9.17) is 10.5 Å². The first-order valence-corrected chi connectivity index (χ1v) is 9.73. The fourth-order valence-electron chi connectivity index (χ4n) is 4.55. The molecule has 0 unspecified atom stereocenters. The molecule has 2 aliphatic carbocycles. The van der Waals surface area contributed by atoms with E-state index >= 15 is 0 Å². The van der Waals surface area contributed by atoms with Crippen LogP contribution in [0.3, 0.4) is 0 Å². The van der Waals surface area contributed by atoms with E-state index in [1.165, 1.54) is 37.7 Å². The zero-order chi connectivity index (χ0) is 17.0. The Morgan fingerprint density at radius 3 is 2.92 bits per heavy atom. The minimum Gasteiger partial charge on any atom is -0.394 e. The van der Waals surface area contributed by atoms with Crippen molar-refractivity contribution in [3.8, 4) is 0 Å². The monoisotopic (exact) mass is 331 g/mol. The fourth-order valence-corrected chi connectivity index (χ4v) is 4.55. The molecule has 24 heavy (non-hydrogen) atoms. The average Bonchev–Trinajstić information content (AvgIpc) is 3.01. The zero-order valence-corrected chi connectivity index (χ0v) is 15.1. The maximum absolute atomic E-state index is 9.48. The van der Waals surface area contributed by atoms with Crippen LogP contribution in [0.2, 0.25) is 0 Å². The lowest BCUT2D eigenvalue weighted by Crippen LogP contribution is -2.40. The summed E-state index contributed by atoms with van der Waals surface area (Å²) in [7, 11) is 0. The lowest BCUT2D eigenvalue weighted by Gasteiger charge is -2.26. The number of hydrogen-bond donors (Lipinski definition) is 2. The van der Waals surface area contributed by atoms with Gasteiger partial charge < -0.3 is 15.6 Å². The van der Waals surface area contributed by atoms with Crippen molar-refractivity contribution < 1.29 is 9.84 Å². The highest BCUT2D eigenvalue weighted by Crippen LogP contribution is 2.40. The summed E-state index contributed by atoms with van der Waals surface area (Å²) in [6.45, 7) is 3.91. The van der Waals surface area contributed by atoms with E-state index in [9.17, 15) is 5.11 Å². The highest BCUT2D eigenvalue weighted by Gasteiger charge is 2.36. The van der Waals surface area contributed by atoms with Gasteiger partial charge in [-0.05, 0) is 86.8 Å². The number of rotatable bonds is 7. The first-order valence-electron chi connectivity index (χ1n) is 9.73. The summed E-state index contributed by atoms with van der Waals surface area (Å²) in [4.78, 5) is 0. The molecule has 1 saturated carbocycles. The average molecular weight is 332 g/mol. The summed E-state index contributed by atoms with van der Waals surface area (Å²) in [5, 5.41) is 9.48. The van der Waals surface area contributed by atoms with E-state index in [2.05, 4.69) is 25.1 Å². The molecule has 3 nitrogen and oxygen atoms in total. The normalized spacial score (nSPS) is 29.6. The van der Waals surface area contributed by atoms with Crippen molar-refractivity contribution in [2.24, 2.45) is 11.7 Å². The summed E-state index contributed by atoms with van der Waals surface area (Å²) in [6.07, 6.45) is 9.19. The Bertz CT molecular complexity index is 545. The molecule has 0 amide bonds. The van der Waals surface area contributed by atoms with Crippen LogP contribution in [0.25, 0.3) is 0 Å². The predicted molar refractivity (Wildman–Crippen MR) is 98.3 cm³/mol. The fraction of sp³-hybridized carbons (Fsp3) is 0.714. The summed E-state index contributed by atoms with van der Waals surface area (Å²) in [5.74, 6) is 1.35. The molecule has 0 aliphatic heterocycles. The molecule has 134 valence electrons. The molecule has 2 aliphatic rings. The molecule has 3 N–H and O–H groups in total. The van der Waals surface area contributed by atoms with Crippen LogP contribution in [0.5, 0.6) is 0 Å². The lowest BCUT2D eigenvalue weighted by molar-refractivity contribution is 0.138. The van der Waals surface area contributed by atoms with Crippen molar-refractivity contribution in [3.05, 3.63) is 34.9 Å². The minimum absolute atomic E-state index is 0.109. The largest absolute Gasteiger partial charge is 0.394 e. The van der Waals surface area contributed by atoms with Crippen LogP contribution in [-0.4, -0.2) is 30.5 Å². The second-order valence-electron chi connectivity index (χ2n) is 7.94. The standard InChI is InChI=1S/C21H33NO2/c1-2-24-11-3-4-16-5-6-18-13-19(8-7-17(18)12-16)20-9-10-21(22,14-20)15-23/h7-8,13,16,20,23H,2-6,9-12,14-15,22H2,1H3/t16-,20-,21-/m0/s1. The zero-order valence-electron chi connectivity index (χ0n) is 15.1. The van der Waals surface area contributed by atoms with Gasteiger partial charge in [0.2, 0.25) is 0 Å². The van der Waals surface area contributed by atoms with Gasteiger partial charge in [-0.2, -0.15) is 0 Å². The van der Waals surface area contributed by atoms with E-state index in [-0.39, 0.29) is 12.1 Å². The van der Waals surface area contributed by atoms with Crippen molar-refractivity contribution in [3.63, 3.8) is 0 Å². The minimum atomic E-state index is -0.355. The second kappa shape index (κ2) is 7.99. The van der Waals surface area contributed by atoms with Crippen molar-refractivity contribution in [2.75, 3.05) is 19.8 Å². The third-order valence-corrected chi connectivity index (χ3v) is 6.10. The highest BCUT2D eigenvalue weighted by atomic mass is 16.5. The molecule has 3 rings (SSSR count). The molecule has 0 saturated heterocycles. The van der Waals surface area contributed by atoms with Crippen LogP contribution >= 0.6 is 0 Å². The molecule has 0 spiro atoms. The van der Waals surface area contributed by atoms with Gasteiger partial charge in [-0.25, -0.2) is 0 Å². The molecular formula is C21H33NO2. The number of nitrogens with two attached hydrogens (primary N) is 1. The molecule has 3 heteroatoms. The number of fused-ring (bicyclic) bond motifs is 1. The summed E-state index contributed by atoms with van der Waals surface area (Å²) in [6, 6.07) is 7.10. The third-order valence-electron chi connectivity index (χ3n) is 6.10. The summed E-state index contributed by atoms with van der Waals surface area (Å²) in [5.41, 5.74) is 10.4. The number of ether oxygens (including phenoxy) is 1. The Kier molecular flexibility index (Phi) is 5.96. The van der Waals surface area contributed by atoms with Crippen LogP contribution in [0, 0.1) is 5.92 Å². The molecule has 1 aromatic carbocycles. The SMILES string of the molecule is CCOCCC[C@H]1CCc2cc([C@H]3CC[C@@](N)(CO)C3)ccc2C1. The van der Waals surface area contributed by atoms with Crippen LogP contribution in [0.4, 0.5) is 0 Å². The molecule has 0 radical (unpaired) electrons. The van der Waals surface area contributed by atoms with E-state index in [0.717, 1.165) is 38.4 Å². The van der Waals surface area contributed by atoms with Gasteiger partial charge in [0, 0.05) is 18.8 Å². The van der Waals surface area contributed by atoms with Crippen molar-refractivity contribution in [1.29, 1.82) is 0 Å². The van der Waals surface area contributed by atoms with E-state index in [1.54, 1.807) is 11.1 Å². The van der Waals surface area contributed by atoms with Crippen molar-refractivity contribution in [2.45, 2.75) is 69.7 Å². The number of aliphatic hydroxyl groups is 1. The Morgan fingerprint density at radius 1 is 1.29 bits per heavy atom. The summed E-state index contributed by atoms with van der Waals surface area (Å²) >= 11 is 0. The Labute approximate surface area is 146 Å². The quantitative estimate of drug-likeness (QED) is 0.751. The number of aliphatic hydroxyl groups excluding tert-OH is 1. The van der Waals surface area contributed by atoms with Gasteiger partial charge in [-0.15, -0.1) is 0 Å². The molecule has 0 aromatic heterocycles. The Hall–Kier alpha value is -0.900. The molecule has 0 bridgehead atoms. The van der Waals surface area contributed by atoms with Gasteiger partial charge >= 0.3 is 0 Å². The van der Waals surface area contributed by atoms with Crippen LogP contribution in [-0.2, 0) is 17.6 Å². The van der Waals surface area contributed by atoms with Crippen LogP contribution in [0.15, 0.2) is 18.2 Å². The van der Waals surface area contributed by atoms with Crippen LogP contribution in [0.1, 0.15) is 68.1 Å². The van der Waals surface area contributed by atoms with Gasteiger partial charge in [0.1, 0.15) is 0 Å². The number of benzene rings is 1. The number of aryl methyl sites for hydroxylation is 1. The molecule has 1 aromatic rings. The topological polar surface area (TPSA) is 55.5 Å². The predicted octanol–water partition coefficient (Wildman–Crippen LogP) is 3.57. The molecule has 3 atom stereocenters. The van der Waals surface area contributed by atoms with Crippen LogP contribution < -0.4 is 5.73 Å². The third kappa shape index (κ3) is 4.19. The van der Waals surface area contributed by atoms with Gasteiger partial charge in [0.05, 0.1) is 6.61 Å². The molecular weight excluding hydrogens is 298 g/mol. The van der Waals surface area contributed by atoms with Crippen molar-refractivity contribution >= 4 is 0 Å². The van der Waals surface area contributed by atoms with E-state index < -0.39 is 0 Å². The van der Waals surface area contributed by atoms with Crippen molar-refractivity contribution in [1.82, 2.24) is 0 Å². The highest BCUT2D eigenvalue weighted by molar-refractivity contribution is 5.36. The smallest absolute Gasteiger partial charge is 0.0611 e. The number of hydrogen-bond acceptors (Lipinski definition) is 3. The van der Waals surface area contributed by atoms with Gasteiger partial charge in [-0.3, -0.25) is 0 Å². The van der Waals surface area contributed by atoms with E-state index in [0.29, 0.717) is 5.92 Å². The summed E-state index contributed by atoms with van der Waals surface area (Å²) < 4.78 is 5.46. The van der Waals surface area contributed by atoms with Gasteiger partial charge in [0.25, 0.3) is 0 Å². The lowest BCUT2D eigenvalue weighted by atomic mass is 9.80.